The van der Waals surface area contributed by atoms with Gasteiger partial charge in [0.2, 0.25) is 5.66 Å². The number of benzodiazepines with no additional fused rings is 1. The van der Waals surface area contributed by atoms with E-state index in [1.807, 2.05) is 102 Å². The molecule has 0 radical (unpaired) electrons. The number of rotatable bonds is 8. The number of aliphatic imine (C=N–C) groups is 1. The van der Waals surface area contributed by atoms with Gasteiger partial charge in [0, 0.05) is 22.0 Å². The second-order valence-electron chi connectivity index (χ2n) is 13.8. The molecule has 272 valence electrons. The predicted molar refractivity (Wildman–Crippen MR) is 217 cm³/mol. The molecular weight excluding hydrogens is 700 g/mol. The van der Waals surface area contributed by atoms with E-state index in [1.54, 1.807) is 42.7 Å². The smallest absolute Gasteiger partial charge is 0.281 e. The average molecular weight is 735 g/mol. The number of aromatic amines is 1. The van der Waals surface area contributed by atoms with Crippen LogP contribution in [0.15, 0.2) is 187 Å². The number of anilines is 2. The summed E-state index contributed by atoms with van der Waals surface area (Å²) >= 11 is 0. The molecule has 0 aliphatic carbocycles. The van der Waals surface area contributed by atoms with Gasteiger partial charge in [-0.2, -0.15) is 0 Å². The zero-order chi connectivity index (χ0) is 38.3. The SMILES string of the molecule is C[C@@]1(NC(=O)c2cc3ccccc3[nH]2)N=C(c2ccccc2F)c2ccccc2N(c2cn(C(c3ccccc3)(c3ccccc3)c3ccccc3)cn2)C1=O. The number of fused-ring (bicyclic) bond motifs is 2. The van der Waals surface area contributed by atoms with Crippen LogP contribution in [0.1, 0.15) is 45.2 Å². The van der Waals surface area contributed by atoms with Crippen molar-refractivity contribution in [2.75, 3.05) is 4.90 Å². The zero-order valence-electron chi connectivity index (χ0n) is 30.3. The molecule has 0 fully saturated rings. The van der Waals surface area contributed by atoms with E-state index in [2.05, 4.69) is 46.7 Å². The lowest BCUT2D eigenvalue weighted by molar-refractivity contribution is -0.123. The monoisotopic (exact) mass is 734 g/mol. The number of hydrogen-bond donors (Lipinski definition) is 2. The van der Waals surface area contributed by atoms with Crippen LogP contribution in [0.5, 0.6) is 0 Å². The highest BCUT2D eigenvalue weighted by Crippen LogP contribution is 2.43. The number of benzene rings is 6. The number of halogens is 1. The lowest BCUT2D eigenvalue weighted by Gasteiger charge is -2.37. The van der Waals surface area contributed by atoms with Crippen LogP contribution in [-0.2, 0) is 10.3 Å². The fourth-order valence-electron chi connectivity index (χ4n) is 7.78. The molecule has 9 heteroatoms. The summed E-state index contributed by atoms with van der Waals surface area (Å²) in [6, 6.07) is 53.2. The molecule has 2 amide bonds. The van der Waals surface area contributed by atoms with Crippen LogP contribution in [0.3, 0.4) is 0 Å². The Kier molecular flexibility index (Phi) is 8.47. The van der Waals surface area contributed by atoms with E-state index < -0.39 is 28.8 Å². The van der Waals surface area contributed by atoms with Crippen LogP contribution in [0.2, 0.25) is 0 Å². The van der Waals surface area contributed by atoms with Crippen LogP contribution < -0.4 is 10.2 Å². The molecule has 2 N–H and O–H groups in total. The molecular formula is C47H35FN6O2. The van der Waals surface area contributed by atoms with E-state index in [4.69, 9.17) is 9.98 Å². The van der Waals surface area contributed by atoms with Crippen LogP contribution in [-0.4, -0.2) is 37.7 Å². The van der Waals surface area contributed by atoms with Crippen molar-refractivity contribution in [1.82, 2.24) is 19.9 Å². The Morgan fingerprint density at radius 3 is 1.89 bits per heavy atom. The quantitative estimate of drug-likeness (QED) is 0.153. The Balaban J connectivity index is 1.25. The Hall–Kier alpha value is -7.39. The van der Waals surface area contributed by atoms with Gasteiger partial charge in [-0.15, -0.1) is 0 Å². The van der Waals surface area contributed by atoms with E-state index in [-0.39, 0.29) is 22.8 Å². The van der Waals surface area contributed by atoms with E-state index in [0.717, 1.165) is 27.6 Å². The summed E-state index contributed by atoms with van der Waals surface area (Å²) in [5.74, 6) is -1.38. The van der Waals surface area contributed by atoms with Crippen molar-refractivity contribution in [3.8, 4) is 0 Å². The van der Waals surface area contributed by atoms with Crippen molar-refractivity contribution < 1.29 is 14.0 Å². The molecule has 2 aromatic heterocycles. The van der Waals surface area contributed by atoms with Gasteiger partial charge in [0.25, 0.3) is 11.8 Å². The molecule has 0 saturated carbocycles. The maximum absolute atomic E-state index is 15.7. The van der Waals surface area contributed by atoms with Crippen LogP contribution in [0.25, 0.3) is 10.9 Å². The lowest BCUT2D eigenvalue weighted by atomic mass is 9.77. The fraction of sp³-hybridized carbons (Fsp3) is 0.0638. The molecule has 56 heavy (non-hydrogen) atoms. The topological polar surface area (TPSA) is 95.4 Å². The summed E-state index contributed by atoms with van der Waals surface area (Å²) in [5, 5.41) is 3.76. The van der Waals surface area contributed by atoms with E-state index in [1.165, 1.54) is 17.9 Å². The summed E-state index contributed by atoms with van der Waals surface area (Å²) < 4.78 is 17.8. The van der Waals surface area contributed by atoms with Crippen molar-refractivity contribution in [3.63, 3.8) is 0 Å². The van der Waals surface area contributed by atoms with Crippen LogP contribution in [0.4, 0.5) is 15.9 Å². The summed E-state index contributed by atoms with van der Waals surface area (Å²) in [5.41, 5.74) is 2.42. The number of H-pyrrole nitrogens is 1. The molecule has 0 spiro atoms. The molecule has 9 rings (SSSR count). The Labute approximate surface area is 322 Å². The number of nitrogens with one attached hydrogen (secondary N) is 2. The van der Waals surface area contributed by atoms with E-state index in [0.29, 0.717) is 11.3 Å². The maximum Gasteiger partial charge on any atom is 0.281 e. The first-order chi connectivity index (χ1) is 27.4. The van der Waals surface area contributed by atoms with Crippen molar-refractivity contribution >= 4 is 39.9 Å². The second kappa shape index (κ2) is 13.8. The standard InChI is InChI=1S/C47H35FN6O2/c1-46(52-44(55)40-29-32-17-11-15-27-39(32)50-40)45(56)54(41-28-16-13-25-37(41)43(51-46)36-24-12-14-26-38(36)48)42-30-53(31-49-42)47(33-18-5-2-6-19-33,34-20-7-3-8-21-34)35-22-9-4-10-23-35/h2-31,50H,1H3,(H,52,55)/t46-/m0/s1. The Bertz CT molecular complexity index is 2630. The highest BCUT2D eigenvalue weighted by Gasteiger charge is 2.46. The number of aromatic nitrogens is 3. The van der Waals surface area contributed by atoms with Gasteiger partial charge in [-0.05, 0) is 53.9 Å². The number of hydrogen-bond acceptors (Lipinski definition) is 4. The van der Waals surface area contributed by atoms with Gasteiger partial charge in [0.1, 0.15) is 17.1 Å². The first-order valence-electron chi connectivity index (χ1n) is 18.3. The minimum absolute atomic E-state index is 0.183. The maximum atomic E-state index is 15.7. The molecule has 8 nitrogen and oxygen atoms in total. The number of nitrogens with zero attached hydrogens (tertiary/aromatic N) is 4. The van der Waals surface area contributed by atoms with Crippen molar-refractivity contribution in [3.05, 3.63) is 222 Å². The normalized spacial score (nSPS) is 15.6. The van der Waals surface area contributed by atoms with Gasteiger partial charge in [-0.1, -0.05) is 140 Å². The minimum Gasteiger partial charge on any atom is -0.351 e. The van der Waals surface area contributed by atoms with Gasteiger partial charge in [-0.3, -0.25) is 14.5 Å². The van der Waals surface area contributed by atoms with Crippen LogP contribution >= 0.6 is 0 Å². The third kappa shape index (κ3) is 5.68. The highest BCUT2D eigenvalue weighted by molar-refractivity contribution is 6.22. The number of imidazole rings is 1. The van der Waals surface area contributed by atoms with E-state index >= 15 is 9.18 Å². The predicted octanol–water partition coefficient (Wildman–Crippen LogP) is 9.01. The summed E-state index contributed by atoms with van der Waals surface area (Å²) in [7, 11) is 0. The largest absolute Gasteiger partial charge is 0.351 e. The molecule has 8 aromatic rings. The summed E-state index contributed by atoms with van der Waals surface area (Å²) in [4.78, 5) is 44.0. The summed E-state index contributed by atoms with van der Waals surface area (Å²) in [6.45, 7) is 1.54. The first kappa shape index (κ1) is 34.4. The molecule has 6 aromatic carbocycles. The average Bonchev–Trinajstić information content (AvgIpc) is 3.89. The van der Waals surface area contributed by atoms with E-state index in [9.17, 15) is 4.79 Å². The van der Waals surface area contributed by atoms with Crippen molar-refractivity contribution in [2.24, 2.45) is 4.99 Å². The third-order valence-corrected chi connectivity index (χ3v) is 10.4. The molecule has 0 saturated heterocycles. The number of para-hydroxylation sites is 2. The third-order valence-electron chi connectivity index (χ3n) is 10.4. The first-order valence-corrected chi connectivity index (χ1v) is 18.3. The summed E-state index contributed by atoms with van der Waals surface area (Å²) in [6.07, 6.45) is 3.57. The fourth-order valence-corrected chi connectivity index (χ4v) is 7.78. The van der Waals surface area contributed by atoms with Crippen molar-refractivity contribution in [2.45, 2.75) is 18.1 Å². The van der Waals surface area contributed by atoms with Gasteiger partial charge < -0.3 is 14.9 Å². The zero-order valence-corrected chi connectivity index (χ0v) is 30.3. The second-order valence-corrected chi connectivity index (χ2v) is 13.8. The molecule has 1 aliphatic heterocycles. The van der Waals surface area contributed by atoms with Crippen molar-refractivity contribution in [1.29, 1.82) is 0 Å². The Morgan fingerprint density at radius 1 is 0.714 bits per heavy atom. The highest BCUT2D eigenvalue weighted by atomic mass is 19.1. The van der Waals surface area contributed by atoms with Gasteiger partial charge in [0.15, 0.2) is 5.82 Å². The minimum atomic E-state index is -1.93. The molecule has 1 atom stereocenters. The lowest BCUT2D eigenvalue weighted by Crippen LogP contribution is -2.55. The molecule has 0 unspecified atom stereocenters. The number of amides is 2. The number of carbonyl (C=O) groups excluding carboxylic acids is 2. The molecule has 3 heterocycles. The molecule has 1 aliphatic rings. The van der Waals surface area contributed by atoms with Gasteiger partial charge in [0.05, 0.1) is 23.9 Å². The van der Waals surface area contributed by atoms with Gasteiger partial charge >= 0.3 is 0 Å². The Morgan fingerprint density at radius 2 is 1.27 bits per heavy atom. The van der Waals surface area contributed by atoms with Crippen LogP contribution in [0, 0.1) is 5.82 Å². The number of carbonyl (C=O) groups is 2. The molecule has 0 bridgehead atoms. The van der Waals surface area contributed by atoms with Gasteiger partial charge in [-0.25, -0.2) is 14.4 Å².